The maximum Gasteiger partial charge on any atom is 0.235 e. The molecule has 0 aliphatic heterocycles. The smallest absolute Gasteiger partial charge is 0.235 e. The minimum atomic E-state index is -3.35. The van der Waals surface area contributed by atoms with Gasteiger partial charge in [0.1, 0.15) is 5.82 Å². The van der Waals surface area contributed by atoms with Crippen molar-refractivity contribution in [1.82, 2.24) is 9.55 Å². The summed E-state index contributed by atoms with van der Waals surface area (Å²) < 4.78 is 30.5. The zero-order chi connectivity index (χ0) is 22.0. The number of imidazole rings is 1. The van der Waals surface area contributed by atoms with E-state index in [4.69, 9.17) is 4.98 Å². The molecule has 1 saturated carbocycles. The molecule has 164 valence electrons. The summed E-state index contributed by atoms with van der Waals surface area (Å²) in [4.78, 5) is 4.88. The van der Waals surface area contributed by atoms with Gasteiger partial charge in [0, 0.05) is 17.8 Å². The Balaban J connectivity index is 1.45. The predicted octanol–water partition coefficient (Wildman–Crippen LogP) is 5.83. The van der Waals surface area contributed by atoms with Crippen molar-refractivity contribution in [3.63, 3.8) is 0 Å². The molecule has 1 aliphatic rings. The van der Waals surface area contributed by atoms with Gasteiger partial charge in [-0.25, -0.2) is 13.4 Å². The normalized spacial score (nSPS) is 15.1. The summed E-state index contributed by atoms with van der Waals surface area (Å²) in [7, 11) is -3.35. The van der Waals surface area contributed by atoms with Crippen LogP contribution in [0.4, 0.5) is 5.69 Å². The van der Waals surface area contributed by atoms with Gasteiger partial charge in [-0.15, -0.1) is 0 Å². The molecule has 1 N–H and O–H groups in total. The Morgan fingerprint density at radius 1 is 0.844 bits per heavy atom. The van der Waals surface area contributed by atoms with Gasteiger partial charge in [0.05, 0.1) is 16.3 Å². The van der Waals surface area contributed by atoms with Crippen LogP contribution in [0.15, 0.2) is 78.9 Å². The predicted molar refractivity (Wildman–Crippen MR) is 130 cm³/mol. The molecule has 1 heterocycles. The van der Waals surface area contributed by atoms with Gasteiger partial charge in [-0.2, -0.15) is 0 Å². The second kappa shape index (κ2) is 8.79. The second-order valence-corrected chi connectivity index (χ2v) is 10.4. The molecule has 0 amide bonds. The van der Waals surface area contributed by atoms with Crippen molar-refractivity contribution < 1.29 is 8.42 Å². The van der Waals surface area contributed by atoms with Crippen LogP contribution in [0, 0.1) is 0 Å². The lowest BCUT2D eigenvalue weighted by atomic mass is 10.0. The molecule has 4 aromatic rings. The zero-order valence-electron chi connectivity index (χ0n) is 17.9. The van der Waals surface area contributed by atoms with E-state index in [1.807, 2.05) is 60.7 Å². The molecule has 0 spiro atoms. The Morgan fingerprint density at radius 2 is 1.53 bits per heavy atom. The van der Waals surface area contributed by atoms with Gasteiger partial charge in [0.15, 0.2) is 0 Å². The lowest BCUT2D eigenvalue weighted by Gasteiger charge is -2.22. The fraction of sp³-hybridized carbons (Fsp3) is 0.269. The molecule has 1 fully saturated rings. The second-order valence-electron chi connectivity index (χ2n) is 8.48. The molecule has 0 bridgehead atoms. The lowest BCUT2D eigenvalue weighted by Crippen LogP contribution is -2.29. The average Bonchev–Trinajstić information content (AvgIpc) is 3.19. The highest BCUT2D eigenvalue weighted by Gasteiger charge is 2.27. The highest BCUT2D eigenvalue weighted by Crippen LogP contribution is 2.29. The van der Waals surface area contributed by atoms with Gasteiger partial charge < -0.3 is 4.57 Å². The van der Waals surface area contributed by atoms with Gasteiger partial charge in [-0.3, -0.25) is 4.72 Å². The first-order valence-electron chi connectivity index (χ1n) is 11.2. The highest BCUT2D eigenvalue weighted by atomic mass is 32.2. The minimum Gasteiger partial charge on any atom is -0.319 e. The molecule has 0 unspecified atom stereocenters. The molecule has 1 aromatic heterocycles. The Morgan fingerprint density at radius 3 is 2.28 bits per heavy atom. The lowest BCUT2D eigenvalue weighted by molar-refractivity contribution is 0.486. The SMILES string of the molecule is O=S(=O)(Nc1ccc(-c2nc3ccccc3n2Cc2ccccc2)cc1)C1CCCCC1. The van der Waals surface area contributed by atoms with Crippen LogP contribution >= 0.6 is 0 Å². The fourth-order valence-corrected chi connectivity index (χ4v) is 6.12. The number of sulfonamides is 1. The van der Waals surface area contributed by atoms with Crippen molar-refractivity contribution >= 4 is 26.7 Å². The molecule has 5 rings (SSSR count). The Labute approximate surface area is 189 Å². The van der Waals surface area contributed by atoms with E-state index in [0.717, 1.165) is 54.5 Å². The van der Waals surface area contributed by atoms with Crippen LogP contribution in [0.3, 0.4) is 0 Å². The molecule has 1 aliphatic carbocycles. The number of rotatable bonds is 6. The van der Waals surface area contributed by atoms with Crippen molar-refractivity contribution in [2.24, 2.45) is 0 Å². The number of benzene rings is 3. The van der Waals surface area contributed by atoms with Crippen LogP contribution in [0.2, 0.25) is 0 Å². The third kappa shape index (κ3) is 4.28. The van der Waals surface area contributed by atoms with E-state index in [-0.39, 0.29) is 5.25 Å². The van der Waals surface area contributed by atoms with Gasteiger partial charge >= 0.3 is 0 Å². The van der Waals surface area contributed by atoms with E-state index in [1.165, 1.54) is 5.56 Å². The van der Waals surface area contributed by atoms with Crippen LogP contribution in [-0.4, -0.2) is 23.2 Å². The Bertz CT molecular complexity index is 1310. The fourth-order valence-electron chi connectivity index (χ4n) is 4.53. The van der Waals surface area contributed by atoms with Crippen LogP contribution < -0.4 is 4.72 Å². The summed E-state index contributed by atoms with van der Waals surface area (Å²) in [5.41, 5.74) is 4.78. The first-order valence-corrected chi connectivity index (χ1v) is 12.8. The standard InChI is InChI=1S/C26H27N3O2S/c30-32(31,23-11-5-2-6-12-23)28-22-17-15-21(16-18-22)26-27-24-13-7-8-14-25(24)29(26)19-20-9-3-1-4-10-20/h1,3-4,7-10,13-18,23,28H,2,5-6,11-12,19H2. The minimum absolute atomic E-state index is 0.286. The van der Waals surface area contributed by atoms with Gasteiger partial charge in [-0.05, 0) is 54.8 Å². The van der Waals surface area contributed by atoms with Crippen LogP contribution in [0.25, 0.3) is 22.4 Å². The van der Waals surface area contributed by atoms with E-state index >= 15 is 0 Å². The summed E-state index contributed by atoms with van der Waals surface area (Å²) >= 11 is 0. The Hall–Kier alpha value is -3.12. The van der Waals surface area contributed by atoms with Crippen molar-refractivity contribution in [2.45, 2.75) is 43.9 Å². The maximum absolute atomic E-state index is 12.8. The van der Waals surface area contributed by atoms with Gasteiger partial charge in [0.2, 0.25) is 10.0 Å². The average molecular weight is 446 g/mol. The molecular formula is C26H27N3O2S. The summed E-state index contributed by atoms with van der Waals surface area (Å²) in [6.07, 6.45) is 4.60. The molecule has 5 nitrogen and oxygen atoms in total. The van der Waals surface area contributed by atoms with E-state index in [1.54, 1.807) is 0 Å². The maximum atomic E-state index is 12.8. The molecule has 3 aromatic carbocycles. The van der Waals surface area contributed by atoms with Crippen LogP contribution in [0.5, 0.6) is 0 Å². The summed E-state index contributed by atoms with van der Waals surface area (Å²) in [6.45, 7) is 0.715. The summed E-state index contributed by atoms with van der Waals surface area (Å²) in [5.74, 6) is 0.872. The number of hydrogen-bond acceptors (Lipinski definition) is 3. The quantitative estimate of drug-likeness (QED) is 0.406. The number of para-hydroxylation sites is 2. The summed E-state index contributed by atoms with van der Waals surface area (Å²) in [6, 6.07) is 26.0. The van der Waals surface area contributed by atoms with Gasteiger partial charge in [0.25, 0.3) is 0 Å². The van der Waals surface area contributed by atoms with Crippen molar-refractivity contribution in [3.05, 3.63) is 84.4 Å². The van der Waals surface area contributed by atoms with Crippen molar-refractivity contribution in [3.8, 4) is 11.4 Å². The zero-order valence-corrected chi connectivity index (χ0v) is 18.8. The monoisotopic (exact) mass is 445 g/mol. The number of aromatic nitrogens is 2. The van der Waals surface area contributed by atoms with Crippen LogP contribution in [0.1, 0.15) is 37.7 Å². The number of anilines is 1. The van der Waals surface area contributed by atoms with Crippen molar-refractivity contribution in [2.75, 3.05) is 4.72 Å². The van der Waals surface area contributed by atoms with Crippen LogP contribution in [-0.2, 0) is 16.6 Å². The van der Waals surface area contributed by atoms with Crippen molar-refractivity contribution in [1.29, 1.82) is 0 Å². The number of hydrogen-bond donors (Lipinski definition) is 1. The van der Waals surface area contributed by atoms with E-state index < -0.39 is 10.0 Å². The van der Waals surface area contributed by atoms with E-state index in [2.05, 4.69) is 27.5 Å². The highest BCUT2D eigenvalue weighted by molar-refractivity contribution is 7.93. The summed E-state index contributed by atoms with van der Waals surface area (Å²) in [5, 5.41) is -0.286. The first-order chi connectivity index (χ1) is 15.6. The Kier molecular flexibility index (Phi) is 5.70. The number of nitrogens with zero attached hydrogens (tertiary/aromatic N) is 2. The molecule has 6 heteroatoms. The van der Waals surface area contributed by atoms with E-state index in [0.29, 0.717) is 12.2 Å². The first kappa shape index (κ1) is 20.8. The van der Waals surface area contributed by atoms with Gasteiger partial charge in [-0.1, -0.05) is 61.7 Å². The molecule has 0 atom stereocenters. The third-order valence-electron chi connectivity index (χ3n) is 6.23. The molecule has 0 radical (unpaired) electrons. The third-order valence-corrected chi connectivity index (χ3v) is 8.10. The topological polar surface area (TPSA) is 64.0 Å². The number of nitrogens with one attached hydrogen (secondary N) is 1. The largest absolute Gasteiger partial charge is 0.319 e. The van der Waals surface area contributed by atoms with E-state index in [9.17, 15) is 8.42 Å². The molecular weight excluding hydrogens is 418 g/mol. The molecule has 0 saturated heterocycles. The molecule has 32 heavy (non-hydrogen) atoms. The number of fused-ring (bicyclic) bond motifs is 1.